The first-order valence-electron chi connectivity index (χ1n) is 12.6. The van der Waals surface area contributed by atoms with Gasteiger partial charge >= 0.3 is 10.3 Å². The number of azo groups is 2. The van der Waals surface area contributed by atoms with E-state index in [1.54, 1.807) is 22.7 Å². The topological polar surface area (TPSA) is 72.5 Å². The first-order valence-corrected chi connectivity index (χ1v) is 14.3. The van der Waals surface area contributed by atoms with Crippen LogP contribution >= 0.6 is 22.7 Å². The van der Waals surface area contributed by atoms with E-state index < -0.39 is 0 Å². The van der Waals surface area contributed by atoms with E-state index in [-0.39, 0.29) is 0 Å². The lowest BCUT2D eigenvalue weighted by Gasteiger charge is -2.19. The van der Waals surface area contributed by atoms with E-state index >= 15 is 0 Å². The van der Waals surface area contributed by atoms with Gasteiger partial charge in [0.05, 0.1) is 23.3 Å². The zero-order chi connectivity index (χ0) is 25.9. The SMILES string of the molecule is CC[n+]1ccsc1N=Nc1ccc(NCCCCN(C)c2ccc(N=Nc3scc[n+]3CC)cc2)cc1. The van der Waals surface area contributed by atoms with Crippen molar-refractivity contribution >= 4 is 55.7 Å². The average molecular weight is 535 g/mol. The van der Waals surface area contributed by atoms with Crippen LogP contribution in [0.5, 0.6) is 0 Å². The summed E-state index contributed by atoms with van der Waals surface area (Å²) in [6, 6.07) is 16.4. The number of hydrogen-bond acceptors (Lipinski definition) is 8. The molecular weight excluding hydrogens is 500 g/mol. The van der Waals surface area contributed by atoms with E-state index in [1.807, 2.05) is 47.4 Å². The van der Waals surface area contributed by atoms with Crippen molar-refractivity contribution in [3.8, 4) is 0 Å². The molecule has 1 N–H and O–H groups in total. The molecule has 0 bridgehead atoms. The molecule has 4 rings (SSSR count). The second-order valence-electron chi connectivity index (χ2n) is 8.46. The molecule has 0 unspecified atom stereocenters. The Kier molecular flexibility index (Phi) is 9.84. The number of nitrogens with one attached hydrogen (secondary N) is 1. The van der Waals surface area contributed by atoms with Gasteiger partial charge in [-0.1, -0.05) is 0 Å². The predicted molar refractivity (Wildman–Crippen MR) is 153 cm³/mol. The van der Waals surface area contributed by atoms with Crippen LogP contribution in [0.15, 0.2) is 92.1 Å². The minimum Gasteiger partial charge on any atom is -0.385 e. The molecule has 8 nitrogen and oxygen atoms in total. The highest BCUT2D eigenvalue weighted by molar-refractivity contribution is 7.13. The zero-order valence-corrected chi connectivity index (χ0v) is 23.3. The minimum atomic E-state index is 0.854. The van der Waals surface area contributed by atoms with Gasteiger partial charge in [-0.3, -0.25) is 0 Å². The van der Waals surface area contributed by atoms with Crippen LogP contribution in [0.3, 0.4) is 0 Å². The van der Waals surface area contributed by atoms with Crippen molar-refractivity contribution in [2.24, 2.45) is 20.5 Å². The molecule has 2 aromatic heterocycles. The Morgan fingerprint density at radius 2 is 1.27 bits per heavy atom. The molecule has 37 heavy (non-hydrogen) atoms. The molecule has 4 aromatic rings. The molecule has 0 radical (unpaired) electrons. The molecule has 0 saturated carbocycles. The molecule has 0 aliphatic rings. The second-order valence-corrected chi connectivity index (χ2v) is 10.2. The highest BCUT2D eigenvalue weighted by Crippen LogP contribution is 2.23. The Morgan fingerprint density at radius 1 is 0.730 bits per heavy atom. The molecule has 0 fully saturated rings. The lowest BCUT2D eigenvalue weighted by Crippen LogP contribution is -2.28. The minimum absolute atomic E-state index is 0.854. The molecule has 0 amide bonds. The number of benzene rings is 2. The van der Waals surface area contributed by atoms with Crippen molar-refractivity contribution in [1.29, 1.82) is 0 Å². The number of anilines is 2. The van der Waals surface area contributed by atoms with Gasteiger partial charge in [-0.25, -0.2) is 9.13 Å². The lowest BCUT2D eigenvalue weighted by atomic mass is 10.2. The Hall–Kier alpha value is -3.50. The molecule has 10 heteroatoms. The molecule has 0 aliphatic carbocycles. The van der Waals surface area contributed by atoms with Crippen molar-refractivity contribution in [3.05, 3.63) is 71.7 Å². The zero-order valence-electron chi connectivity index (χ0n) is 21.6. The lowest BCUT2D eigenvalue weighted by molar-refractivity contribution is -0.677. The van der Waals surface area contributed by atoms with Gasteiger partial charge in [-0.15, -0.1) is 0 Å². The third kappa shape index (κ3) is 7.74. The maximum absolute atomic E-state index is 4.38. The largest absolute Gasteiger partial charge is 0.408 e. The van der Waals surface area contributed by atoms with Gasteiger partial charge in [0.1, 0.15) is 23.8 Å². The molecule has 0 aliphatic heterocycles. The van der Waals surface area contributed by atoms with Gasteiger partial charge in [0, 0.05) is 42.3 Å². The summed E-state index contributed by atoms with van der Waals surface area (Å²) >= 11 is 3.19. The highest BCUT2D eigenvalue weighted by atomic mass is 32.1. The molecule has 0 saturated heterocycles. The summed E-state index contributed by atoms with van der Waals surface area (Å²) in [6.45, 7) is 7.92. The normalized spacial score (nSPS) is 11.5. The number of rotatable bonds is 13. The third-order valence-corrected chi connectivity index (χ3v) is 7.48. The number of unbranched alkanes of at least 4 members (excludes halogenated alkanes) is 1. The van der Waals surface area contributed by atoms with Crippen LogP contribution in [0, 0.1) is 0 Å². The van der Waals surface area contributed by atoms with Crippen molar-refractivity contribution < 1.29 is 9.13 Å². The fraction of sp³-hybridized carbons (Fsp3) is 0.333. The van der Waals surface area contributed by atoms with Gasteiger partial charge in [-0.05, 0) is 108 Å². The molecule has 0 atom stereocenters. The fourth-order valence-electron chi connectivity index (χ4n) is 3.69. The van der Waals surface area contributed by atoms with Crippen molar-refractivity contribution in [2.75, 3.05) is 30.4 Å². The van der Waals surface area contributed by atoms with Crippen LogP contribution in [0.2, 0.25) is 0 Å². The Bertz CT molecular complexity index is 1290. The van der Waals surface area contributed by atoms with E-state index in [9.17, 15) is 0 Å². The molecule has 192 valence electrons. The summed E-state index contributed by atoms with van der Waals surface area (Å²) in [5.74, 6) is 0. The van der Waals surface area contributed by atoms with E-state index in [0.29, 0.717) is 0 Å². The van der Waals surface area contributed by atoms with Gasteiger partial charge in [0.25, 0.3) is 0 Å². The average Bonchev–Trinajstić information content (AvgIpc) is 3.60. The Morgan fingerprint density at radius 3 is 1.81 bits per heavy atom. The first-order chi connectivity index (χ1) is 18.2. The number of thiazole rings is 2. The summed E-state index contributed by atoms with van der Waals surface area (Å²) in [5.41, 5.74) is 4.00. The van der Waals surface area contributed by atoms with E-state index in [0.717, 1.165) is 66.3 Å². The Balaban J connectivity index is 1.16. The molecule has 2 heterocycles. The standard InChI is InChI=1S/C27H33N8S2/c1-4-34-18-20-36-26(34)31-29-23-10-8-22(9-11-23)28-16-6-7-17-33(3)25-14-12-24(13-15-25)30-32-27-35(5-2)19-21-37-27/h8-15,18-21H,4-7,16-17H2,1-3H3/q+1/p+1. The van der Waals surface area contributed by atoms with Crippen molar-refractivity contribution in [2.45, 2.75) is 39.8 Å². The summed E-state index contributed by atoms with van der Waals surface area (Å²) < 4.78 is 4.16. The van der Waals surface area contributed by atoms with Crippen molar-refractivity contribution in [3.63, 3.8) is 0 Å². The maximum Gasteiger partial charge on any atom is 0.408 e. The highest BCUT2D eigenvalue weighted by Gasteiger charge is 2.10. The summed E-state index contributed by atoms with van der Waals surface area (Å²) in [6.07, 6.45) is 6.25. The van der Waals surface area contributed by atoms with Gasteiger partial charge < -0.3 is 10.2 Å². The molecule has 2 aromatic carbocycles. The number of hydrogen-bond donors (Lipinski definition) is 1. The van der Waals surface area contributed by atoms with E-state index in [2.05, 4.69) is 85.0 Å². The smallest absolute Gasteiger partial charge is 0.385 e. The van der Waals surface area contributed by atoms with Crippen molar-refractivity contribution in [1.82, 2.24) is 0 Å². The van der Waals surface area contributed by atoms with Gasteiger partial charge in [0.2, 0.25) is 0 Å². The fourth-order valence-corrected chi connectivity index (χ4v) is 5.18. The monoisotopic (exact) mass is 534 g/mol. The quantitative estimate of drug-likeness (QED) is 0.109. The van der Waals surface area contributed by atoms with E-state index in [4.69, 9.17) is 0 Å². The van der Waals surface area contributed by atoms with E-state index in [1.165, 1.54) is 5.69 Å². The third-order valence-electron chi connectivity index (χ3n) is 5.91. The second kappa shape index (κ2) is 13.7. The maximum atomic E-state index is 4.38. The summed E-state index contributed by atoms with van der Waals surface area (Å²) in [7, 11) is 2.13. The number of aromatic nitrogens is 2. The number of aryl methyl sites for hydroxylation is 2. The van der Waals surface area contributed by atoms with Crippen LogP contribution in [-0.4, -0.2) is 20.1 Å². The summed E-state index contributed by atoms with van der Waals surface area (Å²) in [4.78, 5) is 2.28. The van der Waals surface area contributed by atoms with Gasteiger partial charge in [0.15, 0.2) is 0 Å². The van der Waals surface area contributed by atoms with Crippen LogP contribution < -0.4 is 19.4 Å². The predicted octanol–water partition coefficient (Wildman–Crippen LogP) is 7.58. The van der Waals surface area contributed by atoms with Crippen LogP contribution in [0.4, 0.5) is 33.0 Å². The molecule has 0 spiro atoms. The van der Waals surface area contributed by atoms with Crippen LogP contribution in [-0.2, 0) is 13.1 Å². The summed E-state index contributed by atoms with van der Waals surface area (Å²) in [5, 5.41) is 26.9. The molecular formula is C27H34N8S2+2. The van der Waals surface area contributed by atoms with Gasteiger partial charge in [-0.2, -0.15) is 0 Å². The first kappa shape index (κ1) is 26.6. The Labute approximate surface area is 226 Å². The van der Waals surface area contributed by atoms with Crippen LogP contribution in [0.1, 0.15) is 26.7 Å². The van der Waals surface area contributed by atoms with Crippen LogP contribution in [0.25, 0.3) is 0 Å². The number of nitrogens with zero attached hydrogens (tertiary/aromatic N) is 7.